The van der Waals surface area contributed by atoms with Gasteiger partial charge in [0.05, 0.1) is 0 Å². The van der Waals surface area contributed by atoms with Gasteiger partial charge in [-0.1, -0.05) is 57.1 Å². The van der Waals surface area contributed by atoms with E-state index >= 15 is 0 Å². The van der Waals surface area contributed by atoms with E-state index in [1.165, 1.54) is 16.6 Å². The highest BCUT2D eigenvalue weighted by molar-refractivity contribution is 7.56. The molecule has 0 amide bonds. The Hall–Kier alpha value is -2.31. The van der Waals surface area contributed by atoms with Crippen molar-refractivity contribution in [2.45, 2.75) is 13.8 Å². The second-order valence-corrected chi connectivity index (χ2v) is 7.25. The molecule has 24 heavy (non-hydrogen) atoms. The number of benzene rings is 3. The van der Waals surface area contributed by atoms with E-state index in [2.05, 4.69) is 61.3 Å². The van der Waals surface area contributed by atoms with Gasteiger partial charge in [0.2, 0.25) is 0 Å². The molecule has 0 aliphatic rings. The molecule has 0 aliphatic carbocycles. The van der Waals surface area contributed by atoms with Gasteiger partial charge in [-0.2, -0.15) is 0 Å². The Labute approximate surface area is 145 Å². The summed E-state index contributed by atoms with van der Waals surface area (Å²) in [5.41, 5.74) is 4.50. The van der Waals surface area contributed by atoms with Crippen LogP contribution in [0.3, 0.4) is 0 Å². The highest BCUT2D eigenvalue weighted by Gasteiger charge is 2.14. The molecule has 1 atom stereocenters. The standard InChI is InChI=1S/C21H22NOP/c1-15-9-8-14-19(20(15)23)24-21-16(2)10-7-13-18(21)22(3)17-11-5-4-6-12-17/h4-14,23-24H,1-3H3. The Morgan fingerprint density at radius 2 is 1.46 bits per heavy atom. The summed E-state index contributed by atoms with van der Waals surface area (Å²) < 4.78 is 0. The maximum Gasteiger partial charge on any atom is 0.126 e. The molecular weight excluding hydrogens is 313 g/mol. The van der Waals surface area contributed by atoms with Gasteiger partial charge in [-0.05, 0) is 43.2 Å². The minimum Gasteiger partial charge on any atom is -0.507 e. The van der Waals surface area contributed by atoms with Gasteiger partial charge in [0.15, 0.2) is 0 Å². The third-order valence-corrected chi connectivity index (χ3v) is 5.83. The predicted octanol–water partition coefficient (Wildman–Crippen LogP) is 4.41. The molecule has 3 aromatic carbocycles. The van der Waals surface area contributed by atoms with Gasteiger partial charge in [-0.3, -0.25) is 0 Å². The number of aryl methyl sites for hydroxylation is 2. The first-order valence-corrected chi connectivity index (χ1v) is 9.02. The quantitative estimate of drug-likeness (QED) is 0.714. The van der Waals surface area contributed by atoms with Crippen molar-refractivity contribution < 1.29 is 5.11 Å². The van der Waals surface area contributed by atoms with Crippen LogP contribution in [0.1, 0.15) is 11.1 Å². The fraction of sp³-hybridized carbons (Fsp3) is 0.143. The molecule has 1 N–H and O–H groups in total. The lowest BCUT2D eigenvalue weighted by molar-refractivity contribution is 0.475. The van der Waals surface area contributed by atoms with E-state index in [1.54, 1.807) is 0 Å². The molecule has 0 saturated carbocycles. The average Bonchev–Trinajstić information content (AvgIpc) is 2.60. The monoisotopic (exact) mass is 335 g/mol. The van der Waals surface area contributed by atoms with Crippen LogP contribution < -0.4 is 15.5 Å². The molecule has 0 bridgehead atoms. The van der Waals surface area contributed by atoms with Crippen LogP contribution in [0.4, 0.5) is 11.4 Å². The third-order valence-electron chi connectivity index (χ3n) is 4.25. The van der Waals surface area contributed by atoms with Crippen LogP contribution in [-0.4, -0.2) is 12.2 Å². The van der Waals surface area contributed by atoms with Crippen LogP contribution in [0.15, 0.2) is 66.7 Å². The number of para-hydroxylation sites is 2. The van der Waals surface area contributed by atoms with Crippen LogP contribution >= 0.6 is 8.58 Å². The Morgan fingerprint density at radius 3 is 2.21 bits per heavy atom. The van der Waals surface area contributed by atoms with E-state index in [-0.39, 0.29) is 0 Å². The molecule has 0 spiro atoms. The minimum absolute atomic E-state index is 0.410. The molecular formula is C21H22NOP. The van der Waals surface area contributed by atoms with Crippen molar-refractivity contribution in [1.29, 1.82) is 0 Å². The van der Waals surface area contributed by atoms with Gasteiger partial charge in [0.25, 0.3) is 0 Å². The summed E-state index contributed by atoms with van der Waals surface area (Å²) in [6, 6.07) is 22.7. The van der Waals surface area contributed by atoms with Gasteiger partial charge in [-0.15, -0.1) is 0 Å². The lowest BCUT2D eigenvalue weighted by Crippen LogP contribution is -2.19. The Morgan fingerprint density at radius 1 is 0.792 bits per heavy atom. The van der Waals surface area contributed by atoms with Crippen molar-refractivity contribution in [3.63, 3.8) is 0 Å². The van der Waals surface area contributed by atoms with Gasteiger partial charge in [-0.25, -0.2) is 0 Å². The number of phenols is 1. The zero-order chi connectivity index (χ0) is 17.1. The number of rotatable bonds is 4. The van der Waals surface area contributed by atoms with Gasteiger partial charge in [0.1, 0.15) is 5.75 Å². The van der Waals surface area contributed by atoms with Crippen molar-refractivity contribution >= 4 is 30.6 Å². The molecule has 0 radical (unpaired) electrons. The lowest BCUT2D eigenvalue weighted by Gasteiger charge is -2.24. The van der Waals surface area contributed by atoms with E-state index in [0.29, 0.717) is 14.3 Å². The fourth-order valence-electron chi connectivity index (χ4n) is 2.78. The zero-order valence-corrected chi connectivity index (χ0v) is 15.2. The third kappa shape index (κ3) is 3.29. The van der Waals surface area contributed by atoms with E-state index < -0.39 is 0 Å². The number of aromatic hydroxyl groups is 1. The summed E-state index contributed by atoms with van der Waals surface area (Å²) >= 11 is 0. The Balaban J connectivity index is 2.04. The summed E-state index contributed by atoms with van der Waals surface area (Å²) in [7, 11) is 2.51. The Bertz CT molecular complexity index is 846. The number of phenolic OH excluding ortho intramolecular Hbond substituents is 1. The van der Waals surface area contributed by atoms with Crippen molar-refractivity contribution in [3.05, 3.63) is 77.9 Å². The molecule has 0 heterocycles. The number of nitrogens with zero attached hydrogens (tertiary/aromatic N) is 1. The predicted molar refractivity (Wildman–Crippen MR) is 106 cm³/mol. The first-order chi connectivity index (χ1) is 11.6. The average molecular weight is 335 g/mol. The fourth-order valence-corrected chi connectivity index (χ4v) is 4.20. The molecule has 3 aromatic rings. The van der Waals surface area contributed by atoms with E-state index in [1.807, 2.05) is 31.2 Å². The molecule has 1 unspecified atom stereocenters. The topological polar surface area (TPSA) is 23.5 Å². The van der Waals surface area contributed by atoms with Gasteiger partial charge in [0, 0.05) is 29.0 Å². The molecule has 122 valence electrons. The molecule has 2 nitrogen and oxygen atoms in total. The van der Waals surface area contributed by atoms with Crippen LogP contribution in [0.25, 0.3) is 0 Å². The molecule has 3 rings (SSSR count). The van der Waals surface area contributed by atoms with Crippen molar-refractivity contribution in [3.8, 4) is 5.75 Å². The Kier molecular flexibility index (Phi) is 4.87. The lowest BCUT2D eigenvalue weighted by atomic mass is 10.2. The zero-order valence-electron chi connectivity index (χ0n) is 14.2. The molecule has 0 aliphatic heterocycles. The number of anilines is 2. The second kappa shape index (κ2) is 7.07. The molecule has 0 aromatic heterocycles. The van der Waals surface area contributed by atoms with Crippen molar-refractivity contribution in [2.24, 2.45) is 0 Å². The normalized spacial score (nSPS) is 11.1. The second-order valence-electron chi connectivity index (χ2n) is 5.96. The van der Waals surface area contributed by atoms with E-state index in [4.69, 9.17) is 0 Å². The first-order valence-electron chi connectivity index (χ1n) is 8.02. The first kappa shape index (κ1) is 16.5. The molecule has 0 saturated heterocycles. The summed E-state index contributed by atoms with van der Waals surface area (Å²) in [6.45, 7) is 4.08. The molecule has 3 heteroatoms. The van der Waals surface area contributed by atoms with Crippen molar-refractivity contribution in [2.75, 3.05) is 11.9 Å². The summed E-state index contributed by atoms with van der Waals surface area (Å²) in [6.07, 6.45) is 0. The smallest absolute Gasteiger partial charge is 0.126 e. The maximum absolute atomic E-state index is 10.4. The summed E-state index contributed by atoms with van der Waals surface area (Å²) in [5.74, 6) is 0.410. The number of hydrogen-bond acceptors (Lipinski definition) is 2. The van der Waals surface area contributed by atoms with Crippen LogP contribution in [0.5, 0.6) is 5.75 Å². The maximum atomic E-state index is 10.4. The largest absolute Gasteiger partial charge is 0.507 e. The van der Waals surface area contributed by atoms with Gasteiger partial charge >= 0.3 is 0 Å². The highest BCUT2D eigenvalue weighted by atomic mass is 31.1. The van der Waals surface area contributed by atoms with Gasteiger partial charge < -0.3 is 10.0 Å². The SMILES string of the molecule is Cc1cccc(Pc2c(C)cccc2N(C)c2ccccc2)c1O. The number of hydrogen-bond donors (Lipinski definition) is 1. The highest BCUT2D eigenvalue weighted by Crippen LogP contribution is 2.30. The van der Waals surface area contributed by atoms with Crippen LogP contribution in [0.2, 0.25) is 0 Å². The summed E-state index contributed by atoms with van der Waals surface area (Å²) in [4.78, 5) is 2.21. The minimum atomic E-state index is 0.410. The summed E-state index contributed by atoms with van der Waals surface area (Å²) in [5, 5.41) is 12.7. The van der Waals surface area contributed by atoms with Crippen LogP contribution in [0, 0.1) is 13.8 Å². The van der Waals surface area contributed by atoms with E-state index in [0.717, 1.165) is 16.6 Å². The van der Waals surface area contributed by atoms with E-state index in [9.17, 15) is 5.11 Å². The van der Waals surface area contributed by atoms with Crippen molar-refractivity contribution in [1.82, 2.24) is 0 Å². The van der Waals surface area contributed by atoms with Crippen LogP contribution in [-0.2, 0) is 0 Å². The molecule has 0 fully saturated rings.